The summed E-state index contributed by atoms with van der Waals surface area (Å²) in [6, 6.07) is 10.6. The van der Waals surface area contributed by atoms with Crippen molar-refractivity contribution >= 4 is 17.2 Å². The maximum atomic E-state index is 12.4. The number of aromatic amines is 1. The number of amides is 1. The molecule has 1 saturated heterocycles. The van der Waals surface area contributed by atoms with Crippen LogP contribution in [0.5, 0.6) is 0 Å². The van der Waals surface area contributed by atoms with Crippen molar-refractivity contribution in [3.05, 3.63) is 64.2 Å². The van der Waals surface area contributed by atoms with Crippen LogP contribution < -0.4 is 16.2 Å². The van der Waals surface area contributed by atoms with Crippen molar-refractivity contribution in [2.75, 3.05) is 18.4 Å². The maximum absolute atomic E-state index is 12.4. The van der Waals surface area contributed by atoms with Crippen molar-refractivity contribution in [3.63, 3.8) is 0 Å². The minimum absolute atomic E-state index is 0.184. The molecule has 4 rings (SSSR count). The van der Waals surface area contributed by atoms with Gasteiger partial charge in [-0.15, -0.1) is 0 Å². The minimum atomic E-state index is -0.233. The molecule has 2 aromatic heterocycles. The molecule has 0 aliphatic carbocycles. The van der Waals surface area contributed by atoms with Crippen molar-refractivity contribution in [1.82, 2.24) is 19.9 Å². The molecule has 1 aliphatic heterocycles. The minimum Gasteiger partial charge on any atom is -0.317 e. The van der Waals surface area contributed by atoms with Gasteiger partial charge in [0, 0.05) is 17.5 Å². The molecule has 0 unspecified atom stereocenters. The maximum Gasteiger partial charge on any atom is 0.255 e. The van der Waals surface area contributed by atoms with Gasteiger partial charge in [-0.3, -0.25) is 9.59 Å². The van der Waals surface area contributed by atoms with E-state index in [-0.39, 0.29) is 17.4 Å². The normalized spacial score (nSPS) is 14.4. The highest BCUT2D eigenvalue weighted by Crippen LogP contribution is 2.26. The summed E-state index contributed by atoms with van der Waals surface area (Å²) in [5, 5.41) is 10.6. The highest BCUT2D eigenvalue weighted by Gasteiger charge is 2.21. The van der Waals surface area contributed by atoms with E-state index in [2.05, 4.69) is 20.7 Å². The van der Waals surface area contributed by atoms with Crippen molar-refractivity contribution in [2.45, 2.75) is 32.6 Å². The third-order valence-corrected chi connectivity index (χ3v) is 4.58. The second kappa shape index (κ2) is 8.64. The lowest BCUT2D eigenvalue weighted by Crippen LogP contribution is -2.28. The van der Waals surface area contributed by atoms with Crippen LogP contribution in [0.2, 0.25) is 0 Å². The lowest BCUT2D eigenvalue weighted by molar-refractivity contribution is 0.102. The van der Waals surface area contributed by atoms with Gasteiger partial charge in [-0.05, 0) is 38.1 Å². The first-order valence-corrected chi connectivity index (χ1v) is 9.40. The first-order valence-electron chi connectivity index (χ1n) is 9.40. The Morgan fingerprint density at radius 3 is 2.59 bits per heavy atom. The molecule has 0 radical (unpaired) electrons. The Labute approximate surface area is 157 Å². The molecule has 3 heterocycles. The summed E-state index contributed by atoms with van der Waals surface area (Å²) >= 11 is 0. The van der Waals surface area contributed by atoms with E-state index in [1.165, 1.54) is 0 Å². The summed E-state index contributed by atoms with van der Waals surface area (Å²) in [5.74, 6) is 0.0484. The monoisotopic (exact) mass is 367 g/mol. The number of rotatable bonds is 3. The molecule has 1 amide bonds. The summed E-state index contributed by atoms with van der Waals surface area (Å²) in [7, 11) is 0. The summed E-state index contributed by atoms with van der Waals surface area (Å²) in [6.45, 7) is 5.86. The van der Waals surface area contributed by atoms with Crippen LogP contribution in [0.4, 0.5) is 5.69 Å². The number of nitrogens with zero attached hydrogens (tertiary/aromatic N) is 2. The Morgan fingerprint density at radius 1 is 1.19 bits per heavy atom. The fraction of sp³-hybridized carbons (Fsp3) is 0.350. The number of carbonyl (C=O) groups excluding carboxylic acids is 1. The second-order valence-electron chi connectivity index (χ2n) is 6.22. The molecule has 1 aliphatic rings. The number of carbonyl (C=O) groups is 1. The SMILES string of the molecule is CC.O=C(Nc1cnn2c(C3CCNCC3)cc(=O)[nH]c12)c1ccccc1. The van der Waals surface area contributed by atoms with E-state index in [0.717, 1.165) is 31.6 Å². The van der Waals surface area contributed by atoms with Gasteiger partial charge in [0.2, 0.25) is 0 Å². The third-order valence-electron chi connectivity index (χ3n) is 4.58. The zero-order valence-electron chi connectivity index (χ0n) is 15.7. The van der Waals surface area contributed by atoms with Crippen molar-refractivity contribution in [2.24, 2.45) is 0 Å². The standard InChI is InChI=1S/C18H19N5O2.C2H6/c24-16-10-15(12-6-8-19-9-7-12)23-17(22-16)14(11-20-23)21-18(25)13-4-2-1-3-5-13;1-2/h1-5,10-12,19H,6-9H2,(H,21,25)(H,22,24);1-2H3. The van der Waals surface area contributed by atoms with Gasteiger partial charge >= 0.3 is 0 Å². The molecule has 3 aromatic rings. The lowest BCUT2D eigenvalue weighted by Gasteiger charge is -2.23. The van der Waals surface area contributed by atoms with Crippen LogP contribution in [0.25, 0.3) is 5.65 Å². The smallest absolute Gasteiger partial charge is 0.255 e. The Hall–Kier alpha value is -2.93. The Kier molecular flexibility index (Phi) is 6.03. The predicted molar refractivity (Wildman–Crippen MR) is 106 cm³/mol. The average Bonchev–Trinajstić information content (AvgIpc) is 3.12. The Bertz CT molecular complexity index is 955. The number of H-pyrrole nitrogens is 1. The van der Waals surface area contributed by atoms with Crippen molar-refractivity contribution in [1.29, 1.82) is 0 Å². The molecule has 7 nitrogen and oxygen atoms in total. The van der Waals surface area contributed by atoms with E-state index < -0.39 is 0 Å². The molecule has 3 N–H and O–H groups in total. The molecule has 0 atom stereocenters. The van der Waals surface area contributed by atoms with Crippen LogP contribution in [-0.2, 0) is 0 Å². The second-order valence-corrected chi connectivity index (χ2v) is 6.22. The van der Waals surface area contributed by atoms with E-state index in [1.807, 2.05) is 32.0 Å². The zero-order valence-corrected chi connectivity index (χ0v) is 15.7. The van der Waals surface area contributed by atoms with Crippen LogP contribution in [0.15, 0.2) is 47.4 Å². The largest absolute Gasteiger partial charge is 0.317 e. The Morgan fingerprint density at radius 2 is 1.89 bits per heavy atom. The van der Waals surface area contributed by atoms with E-state index in [4.69, 9.17) is 0 Å². The molecule has 7 heteroatoms. The molecule has 0 saturated carbocycles. The zero-order chi connectivity index (χ0) is 19.2. The lowest BCUT2D eigenvalue weighted by atomic mass is 9.94. The average molecular weight is 367 g/mol. The summed E-state index contributed by atoms with van der Waals surface area (Å²) in [6.07, 6.45) is 3.50. The third kappa shape index (κ3) is 4.09. The van der Waals surface area contributed by atoms with Gasteiger partial charge in [0.25, 0.3) is 11.5 Å². The fourth-order valence-electron chi connectivity index (χ4n) is 3.30. The van der Waals surface area contributed by atoms with Crippen LogP contribution in [0, 0.1) is 0 Å². The van der Waals surface area contributed by atoms with Gasteiger partial charge in [0.15, 0.2) is 5.65 Å². The van der Waals surface area contributed by atoms with Gasteiger partial charge in [-0.25, -0.2) is 4.52 Å². The quantitative estimate of drug-likeness (QED) is 0.664. The van der Waals surface area contributed by atoms with Gasteiger partial charge in [0.1, 0.15) is 5.69 Å². The van der Waals surface area contributed by atoms with E-state index >= 15 is 0 Å². The van der Waals surface area contributed by atoms with Crippen molar-refractivity contribution in [3.8, 4) is 0 Å². The van der Waals surface area contributed by atoms with E-state index in [1.54, 1.807) is 28.9 Å². The fourth-order valence-corrected chi connectivity index (χ4v) is 3.30. The topological polar surface area (TPSA) is 91.3 Å². The summed E-state index contributed by atoms with van der Waals surface area (Å²) in [5.41, 5.74) is 2.28. The highest BCUT2D eigenvalue weighted by atomic mass is 16.1. The van der Waals surface area contributed by atoms with E-state index in [9.17, 15) is 9.59 Å². The van der Waals surface area contributed by atoms with Crippen LogP contribution >= 0.6 is 0 Å². The van der Waals surface area contributed by atoms with Gasteiger partial charge < -0.3 is 15.6 Å². The number of piperidine rings is 1. The van der Waals surface area contributed by atoms with Gasteiger partial charge in [0.05, 0.1) is 11.9 Å². The molecule has 1 fully saturated rings. The summed E-state index contributed by atoms with van der Waals surface area (Å²) in [4.78, 5) is 27.3. The summed E-state index contributed by atoms with van der Waals surface area (Å²) < 4.78 is 1.73. The number of benzene rings is 1. The first-order chi connectivity index (χ1) is 13.2. The number of hydrogen-bond acceptors (Lipinski definition) is 4. The van der Waals surface area contributed by atoms with E-state index in [0.29, 0.717) is 16.9 Å². The van der Waals surface area contributed by atoms with Crippen molar-refractivity contribution < 1.29 is 4.79 Å². The van der Waals surface area contributed by atoms with Crippen LogP contribution in [-0.4, -0.2) is 33.6 Å². The van der Waals surface area contributed by atoms with Gasteiger partial charge in [-0.1, -0.05) is 32.0 Å². The molecular weight excluding hydrogens is 342 g/mol. The molecule has 142 valence electrons. The number of hydrogen-bond donors (Lipinski definition) is 3. The molecule has 27 heavy (non-hydrogen) atoms. The number of fused-ring (bicyclic) bond motifs is 1. The highest BCUT2D eigenvalue weighted by molar-refractivity contribution is 6.05. The Balaban J connectivity index is 0.00000102. The molecule has 0 bridgehead atoms. The first kappa shape index (κ1) is 18.8. The van der Waals surface area contributed by atoms with Crippen LogP contribution in [0.1, 0.15) is 48.7 Å². The van der Waals surface area contributed by atoms with Gasteiger partial charge in [-0.2, -0.15) is 5.10 Å². The predicted octanol–water partition coefficient (Wildman–Crippen LogP) is 2.77. The molecule has 1 aromatic carbocycles. The number of nitrogens with one attached hydrogen (secondary N) is 3. The molecular formula is C20H25N5O2. The van der Waals surface area contributed by atoms with Crippen LogP contribution in [0.3, 0.4) is 0 Å². The number of aromatic nitrogens is 3. The number of anilines is 1. The molecule has 0 spiro atoms.